The summed E-state index contributed by atoms with van der Waals surface area (Å²) in [6.45, 7) is 2.00. The molecule has 0 amide bonds. The Kier molecular flexibility index (Phi) is 7.88. The Bertz CT molecular complexity index is 2600. The largest absolute Gasteiger partial charge is 0.319 e. The molecule has 52 heavy (non-hydrogen) atoms. The Morgan fingerprint density at radius 3 is 2.08 bits per heavy atom. The summed E-state index contributed by atoms with van der Waals surface area (Å²) in [4.78, 5) is 9.80. The van der Waals surface area contributed by atoms with Crippen molar-refractivity contribution in [1.82, 2.24) is 9.55 Å². The molecular weight excluding hydrogens is 820 g/mol. The van der Waals surface area contributed by atoms with Crippen LogP contribution in [-0.2, 0) is 26.5 Å². The Morgan fingerprint density at radius 2 is 1.35 bits per heavy atom. The van der Waals surface area contributed by atoms with Gasteiger partial charge in [0, 0.05) is 48.0 Å². The van der Waals surface area contributed by atoms with Crippen LogP contribution >= 0.6 is 0 Å². The summed E-state index contributed by atoms with van der Waals surface area (Å²) in [6.07, 6.45) is 1.57. The van der Waals surface area contributed by atoms with Gasteiger partial charge in [-0.2, -0.15) is 35.3 Å². The van der Waals surface area contributed by atoms with Crippen molar-refractivity contribution in [1.29, 1.82) is 0 Å². The standard InChI is InChI=1S/C46H36N4O.Pt/c1-32(2)49-42-23-12-13-24-43(42)50(51-49)38-20-14-19-36(30-38)46(34-15-6-4-7-16-34,35-17-8-5-9-18-35)37-25-26-40-39-21-10-11-22-41(39)48(44(40)31-37)45-29-33(3)27-28-47-45;/h4-29,32H,1-3H3;/q-2;/p+1/i3D3;. The van der Waals surface area contributed by atoms with Crippen LogP contribution < -0.4 is 10.1 Å². The first kappa shape index (κ1) is 30.2. The fourth-order valence-electron chi connectivity index (χ4n) is 7.59. The van der Waals surface area contributed by atoms with Crippen molar-refractivity contribution >= 4 is 38.9 Å². The van der Waals surface area contributed by atoms with Crippen molar-refractivity contribution < 1.29 is 30.1 Å². The summed E-state index contributed by atoms with van der Waals surface area (Å²) in [5.74, 6) is 0.519. The van der Waals surface area contributed by atoms with E-state index in [4.69, 9.17) is 14.0 Å². The Balaban J connectivity index is 0.00000427. The van der Waals surface area contributed by atoms with Gasteiger partial charge in [0.2, 0.25) is 0 Å². The van der Waals surface area contributed by atoms with Gasteiger partial charge in [-0.25, -0.2) is 4.98 Å². The second kappa shape index (κ2) is 13.6. The first-order chi connectivity index (χ1) is 26.2. The van der Waals surface area contributed by atoms with Crippen LogP contribution in [0.3, 0.4) is 0 Å². The molecule has 0 atom stereocenters. The number of hydroxylamine groups is 1. The average molecular weight is 860 g/mol. The van der Waals surface area contributed by atoms with Crippen LogP contribution in [0.2, 0.25) is 0 Å². The molecule has 0 bridgehead atoms. The molecule has 9 rings (SSSR count). The molecule has 6 aromatic carbocycles. The topological polar surface area (TPSA) is 37.1 Å². The van der Waals surface area contributed by atoms with Crippen LogP contribution in [0, 0.1) is 19.0 Å². The number of rotatable bonds is 7. The van der Waals surface area contributed by atoms with E-state index >= 15 is 0 Å². The molecule has 0 spiro atoms. The van der Waals surface area contributed by atoms with Crippen molar-refractivity contribution in [3.05, 3.63) is 198 Å². The van der Waals surface area contributed by atoms with Gasteiger partial charge in [-0.3, -0.25) is 0 Å². The molecular formula is C46H37N4OPt-. The first-order valence-electron chi connectivity index (χ1n) is 18.7. The maximum Gasteiger partial charge on any atom is 0.145 e. The first-order valence-corrected chi connectivity index (χ1v) is 17.2. The molecule has 1 N–H and O–H groups in total. The molecule has 8 aromatic rings. The van der Waals surface area contributed by atoms with E-state index in [1.807, 2.05) is 57.2 Å². The van der Waals surface area contributed by atoms with Crippen molar-refractivity contribution in [3.8, 4) is 5.82 Å². The number of nitrogens with zero attached hydrogens (tertiary/aromatic N) is 4. The zero-order chi connectivity index (χ0) is 37.0. The Labute approximate surface area is 323 Å². The van der Waals surface area contributed by atoms with Crippen LogP contribution in [0.1, 0.15) is 45.8 Å². The Morgan fingerprint density at radius 1 is 0.673 bits per heavy atom. The molecule has 0 unspecified atom stereocenters. The van der Waals surface area contributed by atoms with Gasteiger partial charge in [0.15, 0.2) is 0 Å². The van der Waals surface area contributed by atoms with E-state index in [9.17, 15) is 0 Å². The third-order valence-electron chi connectivity index (χ3n) is 9.82. The van der Waals surface area contributed by atoms with E-state index in [1.54, 1.807) is 18.3 Å². The van der Waals surface area contributed by atoms with Gasteiger partial charge in [-0.05, 0) is 73.1 Å². The molecule has 1 aliphatic rings. The molecule has 0 radical (unpaired) electrons. The molecule has 6 heteroatoms. The van der Waals surface area contributed by atoms with Crippen LogP contribution in [0.15, 0.2) is 158 Å². The summed E-state index contributed by atoms with van der Waals surface area (Å²) in [5, 5.41) is 6.05. The van der Waals surface area contributed by atoms with Crippen molar-refractivity contribution in [2.75, 3.05) is 10.1 Å². The average Bonchev–Trinajstić information content (AvgIpc) is 3.76. The molecule has 1 aliphatic heterocycles. The van der Waals surface area contributed by atoms with Crippen LogP contribution in [0.5, 0.6) is 0 Å². The zero-order valence-electron chi connectivity index (χ0n) is 31.6. The monoisotopic (exact) mass is 859 g/mol. The summed E-state index contributed by atoms with van der Waals surface area (Å²) < 4.78 is 26.5. The van der Waals surface area contributed by atoms with Gasteiger partial charge >= 0.3 is 0 Å². The van der Waals surface area contributed by atoms with Gasteiger partial charge < -0.3 is 4.57 Å². The Hall–Kier alpha value is -5.48. The predicted molar refractivity (Wildman–Crippen MR) is 207 cm³/mol. The smallest absolute Gasteiger partial charge is 0.145 e. The number of aryl methyl sites for hydroxylation is 1. The fourth-order valence-corrected chi connectivity index (χ4v) is 7.59. The van der Waals surface area contributed by atoms with Gasteiger partial charge in [-0.1, -0.05) is 96.5 Å². The molecule has 5 nitrogen and oxygen atoms in total. The van der Waals surface area contributed by atoms with E-state index in [0.717, 1.165) is 61.1 Å². The second-order valence-electron chi connectivity index (χ2n) is 13.1. The maximum atomic E-state index is 8.15. The number of anilines is 3. The zero-order valence-corrected chi connectivity index (χ0v) is 30.9. The van der Waals surface area contributed by atoms with Crippen LogP contribution in [0.25, 0.3) is 27.6 Å². The summed E-state index contributed by atoms with van der Waals surface area (Å²) in [7, 11) is 0. The second-order valence-corrected chi connectivity index (χ2v) is 13.1. The summed E-state index contributed by atoms with van der Waals surface area (Å²) in [5.41, 5.74) is 7.86. The SMILES string of the molecule is [2H]C([2H])([2H])c1ccnc(-n2c3[c-]c(C(c4[c-]c(N5[OH+]N(C(C)C)c6ccccc65)ccc4)(c4ccccc4)c4ccccc4)ccc3c3ccccc32)c1.[Pt]. The van der Waals surface area contributed by atoms with Crippen molar-refractivity contribution in [3.63, 3.8) is 0 Å². The number of pyridine rings is 1. The van der Waals surface area contributed by atoms with E-state index < -0.39 is 12.3 Å². The van der Waals surface area contributed by atoms with E-state index in [0.29, 0.717) is 5.82 Å². The maximum absolute atomic E-state index is 8.15. The minimum atomic E-state index is -2.28. The number of hydrogen-bond donors (Lipinski definition) is 0. The molecule has 0 fully saturated rings. The fraction of sp³-hybridized carbons (Fsp3) is 0.109. The molecule has 0 aliphatic carbocycles. The van der Waals surface area contributed by atoms with E-state index in [1.165, 1.54) is 0 Å². The molecule has 0 saturated carbocycles. The van der Waals surface area contributed by atoms with Gasteiger partial charge in [0.05, 0.1) is 6.04 Å². The molecule has 3 heterocycles. The van der Waals surface area contributed by atoms with Gasteiger partial charge in [-0.15, -0.1) is 38.8 Å². The van der Waals surface area contributed by atoms with Crippen LogP contribution in [0.4, 0.5) is 17.1 Å². The third kappa shape index (κ3) is 5.35. The molecule has 258 valence electrons. The summed E-state index contributed by atoms with van der Waals surface area (Å²) >= 11 is 0. The third-order valence-corrected chi connectivity index (χ3v) is 9.82. The van der Waals surface area contributed by atoms with Crippen LogP contribution in [-0.4, -0.2) is 20.5 Å². The van der Waals surface area contributed by atoms with Crippen molar-refractivity contribution in [2.45, 2.75) is 32.2 Å². The van der Waals surface area contributed by atoms with E-state index in [2.05, 4.69) is 123 Å². The minimum Gasteiger partial charge on any atom is -0.319 e. The number of para-hydroxylation sites is 3. The summed E-state index contributed by atoms with van der Waals surface area (Å²) in [6, 6.07) is 59.2. The number of aromatic nitrogens is 2. The predicted octanol–water partition coefficient (Wildman–Crippen LogP) is 10.7. The molecule has 0 saturated heterocycles. The van der Waals surface area contributed by atoms with Gasteiger partial charge in [0.1, 0.15) is 17.2 Å². The number of hydrogen-bond acceptors (Lipinski definition) is 3. The quantitative estimate of drug-likeness (QED) is 0.0910. The minimum absolute atomic E-state index is 0. The number of benzene rings is 6. The molecule has 2 aromatic heterocycles. The van der Waals surface area contributed by atoms with Gasteiger partial charge in [0.25, 0.3) is 0 Å². The number of fused-ring (bicyclic) bond motifs is 4. The van der Waals surface area contributed by atoms with E-state index in [-0.39, 0.29) is 32.7 Å². The van der Waals surface area contributed by atoms with Crippen molar-refractivity contribution in [2.24, 2.45) is 0 Å². The normalized spacial score (nSPS) is 13.9.